The Morgan fingerprint density at radius 1 is 0.200 bits per heavy atom. The van der Waals surface area contributed by atoms with Gasteiger partial charge in [-0.05, 0) is 126 Å². The van der Waals surface area contributed by atoms with Crippen LogP contribution in [-0.2, 0) is 0 Å². The summed E-state index contributed by atoms with van der Waals surface area (Å²) in [5.74, 6) is 0. The monoisotopic (exact) mass is 636 g/mol. The van der Waals surface area contributed by atoms with Crippen molar-refractivity contribution < 1.29 is 8.83 Å². The zero-order valence-corrected chi connectivity index (χ0v) is 27.0. The molecule has 0 unspecified atom stereocenters. The molecule has 2 aromatic heterocycles. The highest BCUT2D eigenvalue weighted by molar-refractivity contribution is 6.25. The second-order valence-electron chi connectivity index (χ2n) is 13.3. The van der Waals surface area contributed by atoms with Crippen molar-refractivity contribution in [1.29, 1.82) is 0 Å². The van der Waals surface area contributed by atoms with Crippen molar-refractivity contribution in [2.24, 2.45) is 0 Å². The fourth-order valence-electron chi connectivity index (χ4n) is 8.03. The molecule has 50 heavy (non-hydrogen) atoms. The molecular weight excluding hydrogens is 609 g/mol. The first-order chi connectivity index (χ1) is 24.7. The van der Waals surface area contributed by atoms with Crippen LogP contribution in [0.5, 0.6) is 0 Å². The summed E-state index contributed by atoms with van der Waals surface area (Å²) in [6.45, 7) is 0. The van der Waals surface area contributed by atoms with Crippen molar-refractivity contribution in [3.8, 4) is 33.4 Å². The van der Waals surface area contributed by atoms with Crippen LogP contribution in [0.1, 0.15) is 0 Å². The standard InChI is InChI=1S/C48H28O2/c1-2-11-37-35(9-1)36-10-3-4-12-38(36)44-26-29(17-20-39(37)44)32-23-33(30-18-21-42-40-13-5-7-15-45(40)49-47(42)27-30)25-34(24-32)31-19-22-43-41-14-6-8-16-46(41)50-48(43)28-31/h1-28H. The van der Waals surface area contributed by atoms with E-state index in [0.717, 1.165) is 71.7 Å². The summed E-state index contributed by atoms with van der Waals surface area (Å²) >= 11 is 0. The van der Waals surface area contributed by atoms with Crippen LogP contribution in [0.4, 0.5) is 0 Å². The minimum atomic E-state index is 0.892. The molecule has 232 valence electrons. The Kier molecular flexibility index (Phi) is 5.70. The lowest BCUT2D eigenvalue weighted by molar-refractivity contribution is 0.668. The molecule has 2 heteroatoms. The van der Waals surface area contributed by atoms with Crippen LogP contribution in [0.15, 0.2) is 179 Å². The summed E-state index contributed by atoms with van der Waals surface area (Å²) in [6, 6.07) is 61.1. The van der Waals surface area contributed by atoms with Crippen molar-refractivity contribution >= 4 is 76.2 Å². The van der Waals surface area contributed by atoms with Crippen molar-refractivity contribution in [1.82, 2.24) is 0 Å². The van der Waals surface area contributed by atoms with Gasteiger partial charge >= 0.3 is 0 Å². The quantitative estimate of drug-likeness (QED) is 0.180. The van der Waals surface area contributed by atoms with Gasteiger partial charge in [0, 0.05) is 21.5 Å². The molecule has 0 amide bonds. The Morgan fingerprint density at radius 3 is 0.980 bits per heavy atom. The van der Waals surface area contributed by atoms with Crippen LogP contribution in [0.2, 0.25) is 0 Å². The number of hydrogen-bond donors (Lipinski definition) is 0. The van der Waals surface area contributed by atoms with Crippen molar-refractivity contribution in [3.05, 3.63) is 170 Å². The Morgan fingerprint density at radius 2 is 0.520 bits per heavy atom. The predicted octanol–water partition coefficient (Wildman–Crippen LogP) is 13.9. The molecule has 2 heterocycles. The van der Waals surface area contributed by atoms with Crippen LogP contribution >= 0.6 is 0 Å². The van der Waals surface area contributed by atoms with Gasteiger partial charge in [-0.1, -0.05) is 109 Å². The highest BCUT2D eigenvalue weighted by Gasteiger charge is 2.15. The zero-order valence-electron chi connectivity index (χ0n) is 27.0. The average Bonchev–Trinajstić information content (AvgIpc) is 3.75. The minimum absolute atomic E-state index is 0.892. The third-order valence-electron chi connectivity index (χ3n) is 10.4. The van der Waals surface area contributed by atoms with E-state index >= 15 is 0 Å². The largest absolute Gasteiger partial charge is 0.456 e. The summed E-state index contributed by atoms with van der Waals surface area (Å²) in [5.41, 5.74) is 10.4. The van der Waals surface area contributed by atoms with E-state index in [1.807, 2.05) is 24.3 Å². The van der Waals surface area contributed by atoms with Gasteiger partial charge in [0.1, 0.15) is 22.3 Å². The first-order valence-electron chi connectivity index (χ1n) is 17.1. The third-order valence-corrected chi connectivity index (χ3v) is 10.4. The molecule has 0 saturated heterocycles. The maximum Gasteiger partial charge on any atom is 0.136 e. The predicted molar refractivity (Wildman–Crippen MR) is 210 cm³/mol. The molecule has 0 radical (unpaired) electrons. The Balaban J connectivity index is 1.15. The van der Waals surface area contributed by atoms with Gasteiger partial charge in [0.15, 0.2) is 0 Å². The maximum atomic E-state index is 6.33. The Labute approximate surface area is 287 Å². The Bertz CT molecular complexity index is 2990. The average molecular weight is 637 g/mol. The molecule has 0 saturated carbocycles. The molecule has 0 aliphatic rings. The van der Waals surface area contributed by atoms with Crippen LogP contribution in [-0.4, -0.2) is 0 Å². The highest BCUT2D eigenvalue weighted by atomic mass is 16.3. The summed E-state index contributed by atoms with van der Waals surface area (Å²) in [5, 5.41) is 12.2. The molecule has 11 rings (SSSR count). The number of fused-ring (bicyclic) bond motifs is 12. The molecule has 11 aromatic rings. The van der Waals surface area contributed by atoms with Crippen molar-refractivity contribution in [2.75, 3.05) is 0 Å². The lowest BCUT2D eigenvalue weighted by atomic mass is 9.90. The van der Waals surface area contributed by atoms with Crippen molar-refractivity contribution in [3.63, 3.8) is 0 Å². The molecule has 0 spiro atoms. The molecule has 0 fully saturated rings. The topological polar surface area (TPSA) is 26.3 Å². The number of rotatable bonds is 3. The second kappa shape index (κ2) is 10.4. The normalized spacial score (nSPS) is 12.0. The van der Waals surface area contributed by atoms with Gasteiger partial charge in [-0.3, -0.25) is 0 Å². The lowest BCUT2D eigenvalue weighted by Crippen LogP contribution is -1.88. The number of para-hydroxylation sites is 2. The van der Waals surface area contributed by atoms with E-state index in [1.54, 1.807) is 0 Å². The minimum Gasteiger partial charge on any atom is -0.456 e. The molecular formula is C48H28O2. The fourth-order valence-corrected chi connectivity index (χ4v) is 8.03. The smallest absolute Gasteiger partial charge is 0.136 e. The van der Waals surface area contributed by atoms with E-state index < -0.39 is 0 Å². The first-order valence-corrected chi connectivity index (χ1v) is 17.1. The molecule has 9 aromatic carbocycles. The Hall–Kier alpha value is -6.64. The van der Waals surface area contributed by atoms with Gasteiger partial charge in [-0.25, -0.2) is 0 Å². The molecule has 0 aliphatic heterocycles. The van der Waals surface area contributed by atoms with Crippen molar-refractivity contribution in [2.45, 2.75) is 0 Å². The van der Waals surface area contributed by atoms with E-state index in [4.69, 9.17) is 8.83 Å². The first kappa shape index (κ1) is 27.3. The molecule has 2 nitrogen and oxygen atoms in total. The van der Waals surface area contributed by atoms with Gasteiger partial charge in [0.25, 0.3) is 0 Å². The lowest BCUT2D eigenvalue weighted by Gasteiger charge is -2.14. The summed E-state index contributed by atoms with van der Waals surface area (Å²) < 4.78 is 12.7. The van der Waals surface area contributed by atoms with Crippen LogP contribution in [0, 0.1) is 0 Å². The summed E-state index contributed by atoms with van der Waals surface area (Å²) in [4.78, 5) is 0. The zero-order chi connectivity index (χ0) is 32.8. The summed E-state index contributed by atoms with van der Waals surface area (Å²) in [7, 11) is 0. The highest BCUT2D eigenvalue weighted by Crippen LogP contribution is 2.41. The van der Waals surface area contributed by atoms with Gasteiger partial charge in [-0.15, -0.1) is 0 Å². The third kappa shape index (κ3) is 4.09. The van der Waals surface area contributed by atoms with E-state index in [1.165, 1.54) is 37.9 Å². The fraction of sp³-hybridized carbons (Fsp3) is 0. The van der Waals surface area contributed by atoms with Gasteiger partial charge in [0.05, 0.1) is 0 Å². The van der Waals surface area contributed by atoms with E-state index in [2.05, 4.69) is 146 Å². The molecule has 0 atom stereocenters. The van der Waals surface area contributed by atoms with Gasteiger partial charge < -0.3 is 8.83 Å². The van der Waals surface area contributed by atoms with Gasteiger partial charge in [-0.2, -0.15) is 0 Å². The number of furan rings is 2. The number of hydrogen-bond acceptors (Lipinski definition) is 2. The second-order valence-corrected chi connectivity index (χ2v) is 13.3. The number of benzene rings is 9. The summed E-state index contributed by atoms with van der Waals surface area (Å²) in [6.07, 6.45) is 0. The van der Waals surface area contributed by atoms with Gasteiger partial charge in [0.2, 0.25) is 0 Å². The van der Waals surface area contributed by atoms with Crippen LogP contribution in [0.3, 0.4) is 0 Å². The molecule has 0 aliphatic carbocycles. The van der Waals surface area contributed by atoms with Crippen LogP contribution < -0.4 is 0 Å². The van der Waals surface area contributed by atoms with E-state index in [0.29, 0.717) is 0 Å². The van der Waals surface area contributed by atoms with E-state index in [-0.39, 0.29) is 0 Å². The molecule has 0 N–H and O–H groups in total. The van der Waals surface area contributed by atoms with E-state index in [9.17, 15) is 0 Å². The maximum absolute atomic E-state index is 6.33. The SMILES string of the molecule is c1ccc2c(c1)oc1cc(-c3cc(-c4ccc5c(c4)oc4ccccc45)cc(-c4ccc5c6ccccc6c6ccccc6c5c4)c3)ccc12. The molecule has 0 bridgehead atoms. The van der Waals surface area contributed by atoms with Crippen LogP contribution in [0.25, 0.3) is 110 Å².